The Hall–Kier alpha value is -2.44. The smallest absolute Gasteiger partial charge is 0.203 e. The molecule has 3 aromatic rings. The second-order valence-corrected chi connectivity index (χ2v) is 3.59. The van der Waals surface area contributed by atoms with Gasteiger partial charge in [-0.15, -0.1) is 10.2 Å². The Bertz CT molecular complexity index is 598. The third-order valence-electron chi connectivity index (χ3n) is 2.46. The molecule has 0 fully saturated rings. The Labute approximate surface area is 96.9 Å². The van der Waals surface area contributed by atoms with Crippen molar-refractivity contribution in [1.82, 2.24) is 29.5 Å². The largest absolute Gasteiger partial charge is 0.367 e. The van der Waals surface area contributed by atoms with Crippen molar-refractivity contribution in [3.05, 3.63) is 36.9 Å². The van der Waals surface area contributed by atoms with Gasteiger partial charge in [0.25, 0.3) is 0 Å². The van der Waals surface area contributed by atoms with Crippen LogP contribution in [0.3, 0.4) is 0 Å². The minimum atomic E-state index is 0.733. The topological polar surface area (TPSA) is 83.8 Å². The van der Waals surface area contributed by atoms with Crippen LogP contribution in [0.4, 0.5) is 5.82 Å². The quantitative estimate of drug-likeness (QED) is 0.680. The molecule has 0 saturated carbocycles. The van der Waals surface area contributed by atoms with E-state index < -0.39 is 0 Å². The van der Waals surface area contributed by atoms with Crippen LogP contribution in [-0.4, -0.2) is 36.1 Å². The Morgan fingerprint density at radius 3 is 3.29 bits per heavy atom. The Balaban J connectivity index is 1.70. The lowest BCUT2D eigenvalue weighted by Gasteiger charge is -2.04. The van der Waals surface area contributed by atoms with Crippen LogP contribution < -0.4 is 5.32 Å². The number of nitrogens with one attached hydrogen (secondary N) is 2. The molecule has 0 aliphatic heterocycles. The van der Waals surface area contributed by atoms with E-state index in [9.17, 15) is 0 Å². The molecule has 3 heterocycles. The van der Waals surface area contributed by atoms with Gasteiger partial charge in [0, 0.05) is 37.3 Å². The summed E-state index contributed by atoms with van der Waals surface area (Å²) in [6.07, 6.45) is 9.53. The molecule has 0 spiro atoms. The zero-order valence-electron chi connectivity index (χ0n) is 9.04. The van der Waals surface area contributed by atoms with E-state index >= 15 is 0 Å². The fourth-order valence-electron chi connectivity index (χ4n) is 1.62. The molecular weight excluding hydrogens is 218 g/mol. The molecule has 0 bridgehead atoms. The number of fused-ring (bicyclic) bond motifs is 1. The van der Waals surface area contributed by atoms with Crippen molar-refractivity contribution in [2.75, 3.05) is 11.9 Å². The molecule has 7 nitrogen and oxygen atoms in total. The zero-order valence-corrected chi connectivity index (χ0v) is 9.04. The highest BCUT2D eigenvalue weighted by atomic mass is 15.2. The normalized spacial score (nSPS) is 10.8. The Morgan fingerprint density at radius 2 is 2.41 bits per heavy atom. The van der Waals surface area contributed by atoms with Crippen molar-refractivity contribution >= 4 is 11.5 Å². The van der Waals surface area contributed by atoms with Gasteiger partial charge in [-0.2, -0.15) is 0 Å². The highest BCUT2D eigenvalue weighted by molar-refractivity contribution is 5.61. The number of imidazole rings is 1. The first-order valence-electron chi connectivity index (χ1n) is 5.29. The summed E-state index contributed by atoms with van der Waals surface area (Å²) >= 11 is 0. The van der Waals surface area contributed by atoms with E-state index in [0.29, 0.717) is 0 Å². The summed E-state index contributed by atoms with van der Waals surface area (Å²) in [5.41, 5.74) is 1.82. The van der Waals surface area contributed by atoms with E-state index in [2.05, 4.69) is 30.5 Å². The van der Waals surface area contributed by atoms with Crippen molar-refractivity contribution < 1.29 is 0 Å². The molecule has 86 valence electrons. The highest BCUT2D eigenvalue weighted by Crippen LogP contribution is 2.09. The molecule has 3 rings (SSSR count). The van der Waals surface area contributed by atoms with Crippen LogP contribution >= 0.6 is 0 Å². The molecule has 7 heteroatoms. The fraction of sp³-hybridized carbons (Fsp3) is 0.200. The van der Waals surface area contributed by atoms with Crippen molar-refractivity contribution in [2.45, 2.75) is 6.42 Å². The highest BCUT2D eigenvalue weighted by Gasteiger charge is 2.03. The summed E-state index contributed by atoms with van der Waals surface area (Å²) in [7, 11) is 0. The fourth-order valence-corrected chi connectivity index (χ4v) is 1.62. The summed E-state index contributed by atoms with van der Waals surface area (Å²) in [5.74, 6) is 0.740. The molecule has 0 aliphatic rings. The summed E-state index contributed by atoms with van der Waals surface area (Å²) < 4.78 is 1.82. The van der Waals surface area contributed by atoms with Crippen LogP contribution in [0.2, 0.25) is 0 Å². The van der Waals surface area contributed by atoms with Gasteiger partial charge >= 0.3 is 0 Å². The molecule has 0 unspecified atom stereocenters. The number of aromatic nitrogens is 6. The van der Waals surface area contributed by atoms with E-state index in [1.54, 1.807) is 18.9 Å². The molecule has 0 atom stereocenters. The number of aromatic amines is 1. The third-order valence-corrected chi connectivity index (χ3v) is 2.46. The predicted molar refractivity (Wildman–Crippen MR) is 61.6 cm³/mol. The maximum Gasteiger partial charge on any atom is 0.203 e. The predicted octanol–water partition coefficient (Wildman–Crippen LogP) is 0.502. The molecule has 3 aromatic heterocycles. The Morgan fingerprint density at radius 1 is 1.41 bits per heavy atom. The summed E-state index contributed by atoms with van der Waals surface area (Å²) in [6.45, 7) is 0.766. The van der Waals surface area contributed by atoms with E-state index in [-0.39, 0.29) is 0 Å². The lowest BCUT2D eigenvalue weighted by molar-refractivity contribution is 0.963. The third kappa shape index (κ3) is 1.94. The van der Waals surface area contributed by atoms with E-state index in [4.69, 9.17) is 0 Å². The minimum Gasteiger partial charge on any atom is -0.367 e. The van der Waals surface area contributed by atoms with Crippen LogP contribution in [-0.2, 0) is 6.42 Å². The van der Waals surface area contributed by atoms with Crippen molar-refractivity contribution in [3.63, 3.8) is 0 Å². The van der Waals surface area contributed by atoms with Gasteiger partial charge in [0.2, 0.25) is 5.65 Å². The van der Waals surface area contributed by atoms with Crippen LogP contribution in [0.15, 0.2) is 31.2 Å². The first kappa shape index (κ1) is 9.76. The molecule has 0 aromatic carbocycles. The average molecular weight is 229 g/mol. The van der Waals surface area contributed by atoms with E-state index in [1.165, 1.54) is 0 Å². The molecular formula is C10H11N7. The lowest BCUT2D eigenvalue weighted by atomic mass is 10.3. The van der Waals surface area contributed by atoms with E-state index in [0.717, 1.165) is 30.1 Å². The molecule has 2 N–H and O–H groups in total. The zero-order chi connectivity index (χ0) is 11.5. The number of anilines is 1. The summed E-state index contributed by atoms with van der Waals surface area (Å²) in [6, 6.07) is 0. The van der Waals surface area contributed by atoms with Crippen molar-refractivity contribution in [3.8, 4) is 0 Å². The average Bonchev–Trinajstić information content (AvgIpc) is 2.99. The lowest BCUT2D eigenvalue weighted by Crippen LogP contribution is -2.07. The number of nitrogens with zero attached hydrogens (tertiary/aromatic N) is 5. The van der Waals surface area contributed by atoms with Gasteiger partial charge in [0.1, 0.15) is 6.33 Å². The maximum atomic E-state index is 4.24. The molecule has 0 amide bonds. The molecule has 0 saturated heterocycles. The van der Waals surface area contributed by atoms with Gasteiger partial charge in [0.15, 0.2) is 5.82 Å². The van der Waals surface area contributed by atoms with E-state index in [1.807, 2.05) is 16.8 Å². The van der Waals surface area contributed by atoms with Crippen molar-refractivity contribution in [1.29, 1.82) is 0 Å². The minimum absolute atomic E-state index is 0.733. The molecule has 17 heavy (non-hydrogen) atoms. The first-order chi connectivity index (χ1) is 8.43. The Kier molecular flexibility index (Phi) is 2.41. The van der Waals surface area contributed by atoms with Crippen LogP contribution in [0, 0.1) is 0 Å². The number of rotatable bonds is 4. The maximum absolute atomic E-state index is 4.24. The van der Waals surface area contributed by atoms with Gasteiger partial charge in [-0.05, 0) is 0 Å². The SMILES string of the molecule is c1cn2cnnc2c(NCCc2cnc[nH]2)n1. The number of hydrogen-bond donors (Lipinski definition) is 2. The van der Waals surface area contributed by atoms with Gasteiger partial charge in [-0.25, -0.2) is 9.97 Å². The molecule has 0 aliphatic carbocycles. The van der Waals surface area contributed by atoms with Gasteiger partial charge < -0.3 is 10.3 Å². The van der Waals surface area contributed by atoms with Crippen LogP contribution in [0.5, 0.6) is 0 Å². The monoisotopic (exact) mass is 229 g/mol. The van der Waals surface area contributed by atoms with Crippen LogP contribution in [0.25, 0.3) is 5.65 Å². The van der Waals surface area contributed by atoms with Gasteiger partial charge in [-0.1, -0.05) is 0 Å². The number of H-pyrrole nitrogens is 1. The van der Waals surface area contributed by atoms with Crippen LogP contribution in [0.1, 0.15) is 5.69 Å². The first-order valence-corrected chi connectivity index (χ1v) is 5.29. The standard InChI is InChI=1S/C10H11N7/c1(8-5-11-6-14-8)2-12-9-10-16-15-7-17(10)4-3-13-9/h3-7H,1-2H2,(H,11,14)(H,12,13). The van der Waals surface area contributed by atoms with Gasteiger partial charge in [0.05, 0.1) is 6.33 Å². The number of hydrogen-bond acceptors (Lipinski definition) is 5. The second kappa shape index (κ2) is 4.20. The second-order valence-electron chi connectivity index (χ2n) is 3.59. The summed E-state index contributed by atoms with van der Waals surface area (Å²) in [5, 5.41) is 11.1. The van der Waals surface area contributed by atoms with Crippen molar-refractivity contribution in [2.24, 2.45) is 0 Å². The molecule has 0 radical (unpaired) electrons. The van der Waals surface area contributed by atoms with Gasteiger partial charge in [-0.3, -0.25) is 4.40 Å². The summed E-state index contributed by atoms with van der Waals surface area (Å²) in [4.78, 5) is 11.3.